The van der Waals surface area contributed by atoms with Gasteiger partial charge in [0.15, 0.2) is 0 Å². The first kappa shape index (κ1) is 24.3. The first-order valence-electron chi connectivity index (χ1n) is 5.88. The molecule has 0 unspecified atom stereocenters. The molecule has 112 valence electrons. The van der Waals surface area contributed by atoms with Crippen LogP contribution in [0, 0.1) is 6.92 Å². The number of phenolic OH excluding ortho intramolecular Hbond substituents is 1. The number of phenols is 1. The topological polar surface area (TPSA) is 20.2 Å². The SMILES string of the molecule is Cc1cc(C(C)(C)C)cc(C(C)(C)C)c1O.Cl.Cl.[Mo]. The number of benzene rings is 1. The zero-order valence-electron chi connectivity index (χ0n) is 12.8. The van der Waals surface area contributed by atoms with Crippen molar-refractivity contribution >= 4 is 24.8 Å². The summed E-state index contributed by atoms with van der Waals surface area (Å²) in [7, 11) is 0. The Morgan fingerprint density at radius 1 is 0.842 bits per heavy atom. The summed E-state index contributed by atoms with van der Waals surface area (Å²) < 4.78 is 0. The minimum atomic E-state index is -0.0178. The van der Waals surface area contributed by atoms with Crippen molar-refractivity contribution in [2.24, 2.45) is 0 Å². The van der Waals surface area contributed by atoms with E-state index in [9.17, 15) is 5.11 Å². The maximum absolute atomic E-state index is 10.1. The number of aromatic hydroxyl groups is 1. The monoisotopic (exact) mass is 390 g/mol. The molecule has 0 radical (unpaired) electrons. The molecule has 1 N–H and O–H groups in total. The van der Waals surface area contributed by atoms with Crippen LogP contribution in [-0.4, -0.2) is 5.11 Å². The molecule has 1 nitrogen and oxygen atoms in total. The largest absolute Gasteiger partial charge is 0.507 e. The van der Waals surface area contributed by atoms with E-state index in [1.807, 2.05) is 6.92 Å². The van der Waals surface area contributed by atoms with Crippen LogP contribution in [0.25, 0.3) is 0 Å². The Balaban J connectivity index is -0.000000853. The number of hydrogen-bond acceptors (Lipinski definition) is 1. The second kappa shape index (κ2) is 7.91. The van der Waals surface area contributed by atoms with Gasteiger partial charge in [-0.2, -0.15) is 0 Å². The van der Waals surface area contributed by atoms with Crippen LogP contribution in [-0.2, 0) is 31.9 Å². The number of rotatable bonds is 0. The molecule has 0 aromatic heterocycles. The Bertz CT molecular complexity index is 404. The van der Waals surface area contributed by atoms with Gasteiger partial charge in [0.05, 0.1) is 0 Å². The number of hydrogen-bond donors (Lipinski definition) is 1. The van der Waals surface area contributed by atoms with Crippen LogP contribution in [0.15, 0.2) is 12.1 Å². The fraction of sp³-hybridized carbons (Fsp3) is 0.600. The Kier molecular flexibility index (Phi) is 10.1. The van der Waals surface area contributed by atoms with Crippen molar-refractivity contribution in [3.63, 3.8) is 0 Å². The van der Waals surface area contributed by atoms with E-state index < -0.39 is 0 Å². The molecule has 0 atom stereocenters. The van der Waals surface area contributed by atoms with Crippen LogP contribution < -0.4 is 0 Å². The molecule has 0 aliphatic rings. The van der Waals surface area contributed by atoms with E-state index in [1.165, 1.54) is 5.56 Å². The van der Waals surface area contributed by atoms with E-state index in [4.69, 9.17) is 0 Å². The molecule has 0 fully saturated rings. The number of halogens is 2. The third-order valence-electron chi connectivity index (χ3n) is 2.97. The predicted octanol–water partition coefficient (Wildman–Crippen LogP) is 5.14. The molecular formula is C15H26Cl2MoO. The fourth-order valence-electron chi connectivity index (χ4n) is 1.78. The predicted molar refractivity (Wildman–Crippen MR) is 84.7 cm³/mol. The van der Waals surface area contributed by atoms with Crippen LogP contribution in [0.4, 0.5) is 0 Å². The summed E-state index contributed by atoms with van der Waals surface area (Å²) in [5.74, 6) is 0.445. The van der Waals surface area contributed by atoms with E-state index >= 15 is 0 Å². The molecule has 0 aliphatic carbocycles. The van der Waals surface area contributed by atoms with Gasteiger partial charge in [-0.3, -0.25) is 0 Å². The summed E-state index contributed by atoms with van der Waals surface area (Å²) >= 11 is 0. The molecule has 0 heterocycles. The summed E-state index contributed by atoms with van der Waals surface area (Å²) in [5.41, 5.74) is 3.40. The summed E-state index contributed by atoms with van der Waals surface area (Å²) in [5, 5.41) is 10.1. The van der Waals surface area contributed by atoms with Crippen LogP contribution >= 0.6 is 24.8 Å². The van der Waals surface area contributed by atoms with Crippen molar-refractivity contribution in [3.8, 4) is 5.75 Å². The first-order chi connectivity index (χ1) is 7.03. The summed E-state index contributed by atoms with van der Waals surface area (Å²) in [4.78, 5) is 0. The van der Waals surface area contributed by atoms with E-state index in [0.29, 0.717) is 5.75 Å². The molecule has 1 aromatic rings. The molecule has 0 amide bonds. The Hall–Kier alpha value is 0.288. The third kappa shape index (κ3) is 6.06. The Labute approximate surface area is 144 Å². The molecule has 0 spiro atoms. The quantitative estimate of drug-likeness (QED) is 0.610. The second-order valence-electron chi connectivity index (χ2n) is 6.69. The third-order valence-corrected chi connectivity index (χ3v) is 2.97. The fourth-order valence-corrected chi connectivity index (χ4v) is 1.78. The van der Waals surface area contributed by atoms with Crippen LogP contribution in [0.5, 0.6) is 5.75 Å². The molecule has 0 bridgehead atoms. The average molecular weight is 389 g/mol. The van der Waals surface area contributed by atoms with Crippen LogP contribution in [0.2, 0.25) is 0 Å². The van der Waals surface area contributed by atoms with Crippen molar-refractivity contribution in [2.75, 3.05) is 0 Å². The van der Waals surface area contributed by atoms with Gasteiger partial charge >= 0.3 is 0 Å². The normalized spacial score (nSPS) is 10.9. The van der Waals surface area contributed by atoms with Gasteiger partial charge in [0, 0.05) is 21.1 Å². The zero-order valence-corrected chi connectivity index (χ0v) is 16.5. The Morgan fingerprint density at radius 3 is 1.58 bits per heavy atom. The van der Waals surface area contributed by atoms with Crippen molar-refractivity contribution < 1.29 is 26.2 Å². The van der Waals surface area contributed by atoms with Gasteiger partial charge in [0.2, 0.25) is 0 Å². The second-order valence-corrected chi connectivity index (χ2v) is 6.69. The van der Waals surface area contributed by atoms with Crippen LogP contribution in [0.3, 0.4) is 0 Å². The summed E-state index contributed by atoms with van der Waals surface area (Å²) in [6.07, 6.45) is 0. The standard InChI is InChI=1S/C15H24O.2ClH.Mo/c1-10-8-11(14(2,3)4)9-12(13(10)16)15(5,6)7;;;/h8-9,16H,1-7H3;2*1H;. The maximum atomic E-state index is 10.1. The molecule has 0 saturated heterocycles. The van der Waals surface area contributed by atoms with Gasteiger partial charge < -0.3 is 5.11 Å². The molecule has 1 aromatic carbocycles. The van der Waals surface area contributed by atoms with Gasteiger partial charge in [-0.05, 0) is 34.4 Å². The van der Waals surface area contributed by atoms with E-state index in [1.54, 1.807) is 0 Å². The van der Waals surface area contributed by atoms with E-state index in [0.717, 1.165) is 11.1 Å². The van der Waals surface area contributed by atoms with Gasteiger partial charge in [0.1, 0.15) is 5.75 Å². The molecule has 1 rings (SSSR count). The first-order valence-corrected chi connectivity index (χ1v) is 5.88. The molecule has 0 saturated carbocycles. The van der Waals surface area contributed by atoms with E-state index in [2.05, 4.69) is 53.7 Å². The van der Waals surface area contributed by atoms with E-state index in [-0.39, 0.29) is 56.7 Å². The van der Waals surface area contributed by atoms with Gasteiger partial charge in [0.25, 0.3) is 0 Å². The minimum absolute atomic E-state index is 0. The summed E-state index contributed by atoms with van der Waals surface area (Å²) in [6, 6.07) is 4.23. The van der Waals surface area contributed by atoms with Crippen molar-refractivity contribution in [1.29, 1.82) is 0 Å². The van der Waals surface area contributed by atoms with Crippen molar-refractivity contribution in [3.05, 3.63) is 28.8 Å². The minimum Gasteiger partial charge on any atom is -0.507 e. The van der Waals surface area contributed by atoms with Crippen molar-refractivity contribution in [2.45, 2.75) is 59.3 Å². The van der Waals surface area contributed by atoms with Gasteiger partial charge in [-0.15, -0.1) is 24.8 Å². The average Bonchev–Trinajstić information content (AvgIpc) is 2.05. The van der Waals surface area contributed by atoms with Crippen molar-refractivity contribution in [1.82, 2.24) is 0 Å². The molecule has 19 heavy (non-hydrogen) atoms. The number of aryl methyl sites for hydroxylation is 1. The molecular weight excluding hydrogens is 363 g/mol. The molecule has 4 heteroatoms. The maximum Gasteiger partial charge on any atom is 0.122 e. The Morgan fingerprint density at radius 2 is 1.26 bits per heavy atom. The van der Waals surface area contributed by atoms with Gasteiger partial charge in [-0.25, -0.2) is 0 Å². The van der Waals surface area contributed by atoms with Crippen LogP contribution in [0.1, 0.15) is 58.2 Å². The zero-order chi connectivity index (χ0) is 12.7. The smallest absolute Gasteiger partial charge is 0.122 e. The van der Waals surface area contributed by atoms with Gasteiger partial charge in [-0.1, -0.05) is 53.7 Å². The molecule has 0 aliphatic heterocycles. The summed E-state index contributed by atoms with van der Waals surface area (Å²) in [6.45, 7) is 15.0.